The number of hydrogen-bond donors (Lipinski definition) is 0. The van der Waals surface area contributed by atoms with Gasteiger partial charge in [0.25, 0.3) is 0 Å². The number of thioether (sulfide) groups is 1. The summed E-state index contributed by atoms with van der Waals surface area (Å²) in [4.78, 5) is 17.5. The topological polar surface area (TPSA) is 54.3 Å². The first-order valence-corrected chi connectivity index (χ1v) is 12.4. The second-order valence-electron chi connectivity index (χ2n) is 8.31. The van der Waals surface area contributed by atoms with Gasteiger partial charge in [0.2, 0.25) is 5.91 Å². The van der Waals surface area contributed by atoms with Crippen LogP contribution in [0.5, 0.6) is 0 Å². The van der Waals surface area contributed by atoms with Crippen molar-refractivity contribution in [1.82, 2.24) is 24.6 Å². The zero-order valence-corrected chi connectivity index (χ0v) is 18.8. The molecule has 0 N–H and O–H groups in total. The van der Waals surface area contributed by atoms with Crippen LogP contribution in [0.25, 0.3) is 5.69 Å². The second-order valence-corrected chi connectivity index (χ2v) is 9.26. The summed E-state index contributed by atoms with van der Waals surface area (Å²) in [6.45, 7) is 5.93. The SMILES string of the molecule is CCN(C(=O)CSc1nnc(CN2CCCC2)n1-c1ccccc1)C1CCCCC1. The van der Waals surface area contributed by atoms with E-state index in [1.54, 1.807) is 0 Å². The van der Waals surface area contributed by atoms with Crippen molar-refractivity contribution >= 4 is 17.7 Å². The molecule has 1 aliphatic carbocycles. The lowest BCUT2D eigenvalue weighted by Gasteiger charge is -2.33. The smallest absolute Gasteiger partial charge is 0.233 e. The average molecular weight is 428 g/mol. The Morgan fingerprint density at radius 1 is 1.07 bits per heavy atom. The Morgan fingerprint density at radius 3 is 2.50 bits per heavy atom. The van der Waals surface area contributed by atoms with Gasteiger partial charge in [-0.05, 0) is 57.8 Å². The Bertz CT molecular complexity index is 812. The maximum absolute atomic E-state index is 13.0. The van der Waals surface area contributed by atoms with Crippen LogP contribution in [-0.4, -0.2) is 61.9 Å². The Morgan fingerprint density at radius 2 is 1.80 bits per heavy atom. The van der Waals surface area contributed by atoms with Gasteiger partial charge in [0.1, 0.15) is 0 Å². The highest BCUT2D eigenvalue weighted by Gasteiger charge is 2.25. The standard InChI is InChI=1S/C23H33N5OS/c1-2-27(19-11-5-3-6-12-19)22(29)18-30-23-25-24-21(17-26-15-9-10-16-26)28(23)20-13-7-4-8-14-20/h4,7-8,13-14,19H,2-3,5-6,9-12,15-18H2,1H3. The van der Waals surface area contributed by atoms with E-state index in [1.165, 1.54) is 43.9 Å². The number of carbonyl (C=O) groups excluding carboxylic acids is 1. The van der Waals surface area contributed by atoms with Crippen molar-refractivity contribution in [2.75, 3.05) is 25.4 Å². The number of carbonyl (C=O) groups is 1. The third-order valence-electron chi connectivity index (χ3n) is 6.28. The molecule has 2 aromatic rings. The predicted molar refractivity (Wildman–Crippen MR) is 121 cm³/mol. The summed E-state index contributed by atoms with van der Waals surface area (Å²) in [5.74, 6) is 1.59. The molecule has 1 aliphatic heterocycles. The summed E-state index contributed by atoms with van der Waals surface area (Å²) in [7, 11) is 0. The predicted octanol–water partition coefficient (Wildman–Crippen LogP) is 4.14. The molecule has 1 saturated carbocycles. The molecule has 6 nitrogen and oxygen atoms in total. The van der Waals surface area contributed by atoms with Crippen LogP contribution in [0.3, 0.4) is 0 Å². The van der Waals surface area contributed by atoms with Crippen molar-refractivity contribution in [3.05, 3.63) is 36.2 Å². The van der Waals surface area contributed by atoms with E-state index in [2.05, 4.69) is 43.6 Å². The molecule has 1 saturated heterocycles. The van der Waals surface area contributed by atoms with Gasteiger partial charge < -0.3 is 4.90 Å². The van der Waals surface area contributed by atoms with Gasteiger partial charge in [-0.15, -0.1) is 10.2 Å². The van der Waals surface area contributed by atoms with Crippen molar-refractivity contribution in [3.8, 4) is 5.69 Å². The van der Waals surface area contributed by atoms with Crippen LogP contribution in [0, 0.1) is 0 Å². The number of nitrogens with zero attached hydrogens (tertiary/aromatic N) is 5. The highest BCUT2D eigenvalue weighted by atomic mass is 32.2. The lowest BCUT2D eigenvalue weighted by molar-refractivity contribution is -0.131. The van der Waals surface area contributed by atoms with E-state index >= 15 is 0 Å². The quantitative estimate of drug-likeness (QED) is 0.593. The molecular formula is C23H33N5OS. The molecule has 1 amide bonds. The molecule has 4 rings (SSSR count). The first-order chi connectivity index (χ1) is 14.8. The number of benzene rings is 1. The van der Waals surface area contributed by atoms with Gasteiger partial charge in [-0.1, -0.05) is 49.2 Å². The van der Waals surface area contributed by atoms with Crippen molar-refractivity contribution < 1.29 is 4.79 Å². The fourth-order valence-electron chi connectivity index (χ4n) is 4.71. The fraction of sp³-hybridized carbons (Fsp3) is 0.609. The van der Waals surface area contributed by atoms with Crippen LogP contribution in [0.1, 0.15) is 57.7 Å². The minimum Gasteiger partial charge on any atom is -0.339 e. The fourth-order valence-corrected chi connectivity index (χ4v) is 5.57. The van der Waals surface area contributed by atoms with Crippen molar-refractivity contribution in [3.63, 3.8) is 0 Å². The van der Waals surface area contributed by atoms with E-state index in [0.29, 0.717) is 11.8 Å². The molecule has 7 heteroatoms. The van der Waals surface area contributed by atoms with E-state index in [0.717, 1.165) is 55.7 Å². The number of rotatable bonds is 8. The number of likely N-dealkylation sites (tertiary alicyclic amines) is 1. The van der Waals surface area contributed by atoms with Gasteiger partial charge in [0.05, 0.1) is 12.3 Å². The molecule has 0 bridgehead atoms. The van der Waals surface area contributed by atoms with Gasteiger partial charge in [-0.25, -0.2) is 0 Å². The lowest BCUT2D eigenvalue weighted by Crippen LogP contribution is -2.42. The van der Waals surface area contributed by atoms with Gasteiger partial charge in [-0.2, -0.15) is 0 Å². The monoisotopic (exact) mass is 427 g/mol. The summed E-state index contributed by atoms with van der Waals surface area (Å²) < 4.78 is 2.13. The maximum atomic E-state index is 13.0. The van der Waals surface area contributed by atoms with E-state index < -0.39 is 0 Å². The Kier molecular flexibility index (Phi) is 7.44. The zero-order chi connectivity index (χ0) is 20.8. The highest BCUT2D eigenvalue weighted by Crippen LogP contribution is 2.26. The van der Waals surface area contributed by atoms with Crippen LogP contribution in [0.15, 0.2) is 35.5 Å². The van der Waals surface area contributed by atoms with Gasteiger partial charge in [0, 0.05) is 18.3 Å². The molecule has 30 heavy (non-hydrogen) atoms. The number of amides is 1. The van der Waals surface area contributed by atoms with E-state index in [9.17, 15) is 4.79 Å². The minimum atomic E-state index is 0.220. The van der Waals surface area contributed by atoms with E-state index in [1.807, 2.05) is 18.2 Å². The molecule has 1 aromatic heterocycles. The van der Waals surface area contributed by atoms with Gasteiger partial charge in [-0.3, -0.25) is 14.3 Å². The maximum Gasteiger partial charge on any atom is 0.233 e. The summed E-state index contributed by atoms with van der Waals surface area (Å²) in [5.41, 5.74) is 1.06. The molecule has 1 aromatic carbocycles. The molecule has 0 atom stereocenters. The number of para-hydroxylation sites is 1. The Hall–Kier alpha value is -1.86. The van der Waals surface area contributed by atoms with Crippen LogP contribution < -0.4 is 0 Å². The molecule has 2 heterocycles. The second kappa shape index (κ2) is 10.4. The largest absolute Gasteiger partial charge is 0.339 e. The highest BCUT2D eigenvalue weighted by molar-refractivity contribution is 7.99. The van der Waals surface area contributed by atoms with Crippen molar-refractivity contribution in [2.45, 2.75) is 69.6 Å². The third kappa shape index (κ3) is 5.06. The normalized spacial score (nSPS) is 18.0. The van der Waals surface area contributed by atoms with Crippen LogP contribution in [0.2, 0.25) is 0 Å². The van der Waals surface area contributed by atoms with E-state index in [4.69, 9.17) is 0 Å². The first kappa shape index (κ1) is 21.4. The van der Waals surface area contributed by atoms with Crippen molar-refractivity contribution in [1.29, 1.82) is 0 Å². The first-order valence-electron chi connectivity index (χ1n) is 11.4. The minimum absolute atomic E-state index is 0.220. The lowest BCUT2D eigenvalue weighted by atomic mass is 9.94. The third-order valence-corrected chi connectivity index (χ3v) is 7.19. The Balaban J connectivity index is 1.49. The van der Waals surface area contributed by atoms with Crippen LogP contribution in [-0.2, 0) is 11.3 Å². The molecule has 2 fully saturated rings. The molecule has 162 valence electrons. The zero-order valence-electron chi connectivity index (χ0n) is 18.0. The summed E-state index contributed by atoms with van der Waals surface area (Å²) in [6.07, 6.45) is 8.58. The number of hydrogen-bond acceptors (Lipinski definition) is 5. The van der Waals surface area contributed by atoms with E-state index in [-0.39, 0.29) is 5.91 Å². The Labute approximate surface area is 184 Å². The number of aromatic nitrogens is 3. The summed E-state index contributed by atoms with van der Waals surface area (Å²) in [5, 5.41) is 9.81. The molecule has 0 spiro atoms. The molecule has 0 unspecified atom stereocenters. The average Bonchev–Trinajstić information content (AvgIpc) is 3.44. The molecule has 2 aliphatic rings. The van der Waals surface area contributed by atoms with Gasteiger partial charge >= 0.3 is 0 Å². The van der Waals surface area contributed by atoms with Crippen molar-refractivity contribution in [2.24, 2.45) is 0 Å². The molecular weight excluding hydrogens is 394 g/mol. The van der Waals surface area contributed by atoms with Crippen LogP contribution >= 0.6 is 11.8 Å². The van der Waals surface area contributed by atoms with Crippen LogP contribution in [0.4, 0.5) is 0 Å². The summed E-state index contributed by atoms with van der Waals surface area (Å²) in [6, 6.07) is 10.7. The molecule has 0 radical (unpaired) electrons. The summed E-state index contributed by atoms with van der Waals surface area (Å²) >= 11 is 1.52. The van der Waals surface area contributed by atoms with Gasteiger partial charge in [0.15, 0.2) is 11.0 Å².